The van der Waals surface area contributed by atoms with E-state index in [1.54, 1.807) is 19.3 Å². The lowest BCUT2D eigenvalue weighted by molar-refractivity contribution is -0.127. The van der Waals surface area contributed by atoms with Gasteiger partial charge in [-0.3, -0.25) is 14.5 Å². The molecule has 0 unspecified atom stereocenters. The van der Waals surface area contributed by atoms with Gasteiger partial charge in [0, 0.05) is 51.7 Å². The number of hydrogen-bond acceptors (Lipinski definition) is 4. The maximum Gasteiger partial charge on any atom is 0.250 e. The number of aromatic nitrogens is 1. The molecule has 21 heavy (non-hydrogen) atoms. The second-order valence-corrected chi connectivity index (χ2v) is 5.85. The standard InChI is InChI=1S/C15H21N3O3/c1-17-10-12(2-3-14(17)19)16-15(20)11-8-18(9-11)13-4-6-21-7-5-13/h2-3,10-11,13H,4-9H2,1H3,(H,16,20). The minimum absolute atomic E-state index is 0.0389. The van der Waals surface area contributed by atoms with Crippen molar-refractivity contribution in [2.75, 3.05) is 31.6 Å². The summed E-state index contributed by atoms with van der Waals surface area (Å²) in [4.78, 5) is 25.8. The van der Waals surface area contributed by atoms with Gasteiger partial charge in [0.1, 0.15) is 0 Å². The van der Waals surface area contributed by atoms with Crippen molar-refractivity contribution in [3.63, 3.8) is 0 Å². The fourth-order valence-corrected chi connectivity index (χ4v) is 2.94. The maximum absolute atomic E-state index is 12.2. The van der Waals surface area contributed by atoms with Crippen molar-refractivity contribution in [1.82, 2.24) is 9.47 Å². The van der Waals surface area contributed by atoms with Gasteiger partial charge in [0.05, 0.1) is 11.6 Å². The summed E-state index contributed by atoms with van der Waals surface area (Å²) >= 11 is 0. The molecule has 1 aromatic heterocycles. The molecule has 0 saturated carbocycles. The number of rotatable bonds is 3. The van der Waals surface area contributed by atoms with E-state index >= 15 is 0 Å². The van der Waals surface area contributed by atoms with Gasteiger partial charge >= 0.3 is 0 Å². The molecular formula is C15H21N3O3. The predicted molar refractivity (Wildman–Crippen MR) is 79.2 cm³/mol. The highest BCUT2D eigenvalue weighted by Crippen LogP contribution is 2.25. The normalized spacial score (nSPS) is 21.0. The fraction of sp³-hybridized carbons (Fsp3) is 0.600. The molecule has 0 spiro atoms. The van der Waals surface area contributed by atoms with E-state index < -0.39 is 0 Å². The molecule has 6 heteroatoms. The molecule has 0 atom stereocenters. The quantitative estimate of drug-likeness (QED) is 0.877. The number of nitrogens with zero attached hydrogens (tertiary/aromatic N) is 2. The van der Waals surface area contributed by atoms with E-state index in [0.717, 1.165) is 39.1 Å². The summed E-state index contributed by atoms with van der Waals surface area (Å²) in [6.45, 7) is 3.30. The fourth-order valence-electron chi connectivity index (χ4n) is 2.94. The third-order valence-corrected chi connectivity index (χ3v) is 4.34. The molecule has 1 N–H and O–H groups in total. The minimum atomic E-state index is -0.0812. The Labute approximate surface area is 123 Å². The molecule has 0 bridgehead atoms. The molecule has 2 saturated heterocycles. The zero-order valence-corrected chi connectivity index (χ0v) is 12.2. The number of aryl methyl sites for hydroxylation is 1. The highest BCUT2D eigenvalue weighted by molar-refractivity contribution is 5.93. The molecule has 1 amide bonds. The van der Waals surface area contributed by atoms with Crippen molar-refractivity contribution in [2.45, 2.75) is 18.9 Å². The van der Waals surface area contributed by atoms with Gasteiger partial charge in [-0.1, -0.05) is 0 Å². The number of carbonyl (C=O) groups excluding carboxylic acids is 1. The average molecular weight is 291 g/mol. The molecule has 2 fully saturated rings. The van der Waals surface area contributed by atoms with Gasteiger partial charge in [0.25, 0.3) is 0 Å². The first-order chi connectivity index (χ1) is 10.1. The average Bonchev–Trinajstić information content (AvgIpc) is 2.42. The van der Waals surface area contributed by atoms with Crippen LogP contribution < -0.4 is 10.9 Å². The Bertz CT molecular complexity index is 572. The van der Waals surface area contributed by atoms with Crippen LogP contribution in [0.2, 0.25) is 0 Å². The Morgan fingerprint density at radius 1 is 1.29 bits per heavy atom. The third-order valence-electron chi connectivity index (χ3n) is 4.34. The Morgan fingerprint density at radius 3 is 2.67 bits per heavy atom. The van der Waals surface area contributed by atoms with Gasteiger partial charge < -0.3 is 14.6 Å². The predicted octanol–water partition coefficient (Wildman–Crippen LogP) is 0.435. The zero-order valence-electron chi connectivity index (χ0n) is 12.2. The Kier molecular flexibility index (Phi) is 4.07. The van der Waals surface area contributed by atoms with Crippen LogP contribution in [0.3, 0.4) is 0 Å². The molecule has 2 aliphatic rings. The SMILES string of the molecule is Cn1cc(NC(=O)C2CN(C3CCOCC3)C2)ccc1=O. The first-order valence-corrected chi connectivity index (χ1v) is 7.43. The molecule has 1 aromatic rings. The summed E-state index contributed by atoms with van der Waals surface area (Å²) in [6, 6.07) is 3.68. The van der Waals surface area contributed by atoms with Crippen LogP contribution in [0.25, 0.3) is 0 Å². The maximum atomic E-state index is 12.2. The summed E-state index contributed by atoms with van der Waals surface area (Å²) in [5.41, 5.74) is 0.592. The number of likely N-dealkylation sites (tertiary alicyclic amines) is 1. The van der Waals surface area contributed by atoms with Crippen molar-refractivity contribution in [3.05, 3.63) is 28.7 Å². The summed E-state index contributed by atoms with van der Waals surface area (Å²) in [5.74, 6) is 0.0852. The molecule has 0 radical (unpaired) electrons. The molecule has 3 heterocycles. The van der Waals surface area contributed by atoms with Gasteiger partial charge in [0.2, 0.25) is 11.5 Å². The van der Waals surface area contributed by atoms with E-state index in [0.29, 0.717) is 11.7 Å². The van der Waals surface area contributed by atoms with Gasteiger partial charge in [0.15, 0.2) is 0 Å². The summed E-state index contributed by atoms with van der Waals surface area (Å²) in [5, 5.41) is 2.89. The van der Waals surface area contributed by atoms with E-state index in [9.17, 15) is 9.59 Å². The summed E-state index contributed by atoms with van der Waals surface area (Å²) in [7, 11) is 1.67. The lowest BCUT2D eigenvalue weighted by Crippen LogP contribution is -2.57. The van der Waals surface area contributed by atoms with E-state index in [1.165, 1.54) is 10.6 Å². The Hall–Kier alpha value is -1.66. The number of amides is 1. The van der Waals surface area contributed by atoms with Gasteiger partial charge in [-0.15, -0.1) is 0 Å². The van der Waals surface area contributed by atoms with Crippen molar-refractivity contribution in [1.29, 1.82) is 0 Å². The van der Waals surface area contributed by atoms with Gasteiger partial charge in [-0.05, 0) is 18.9 Å². The molecule has 2 aliphatic heterocycles. The van der Waals surface area contributed by atoms with Crippen LogP contribution in [-0.2, 0) is 16.6 Å². The van der Waals surface area contributed by atoms with E-state index in [2.05, 4.69) is 10.2 Å². The van der Waals surface area contributed by atoms with E-state index in [1.807, 2.05) is 0 Å². The highest BCUT2D eigenvalue weighted by atomic mass is 16.5. The number of anilines is 1. The first-order valence-electron chi connectivity index (χ1n) is 7.43. The number of carbonyl (C=O) groups is 1. The van der Waals surface area contributed by atoms with Crippen molar-refractivity contribution < 1.29 is 9.53 Å². The third kappa shape index (κ3) is 3.16. The van der Waals surface area contributed by atoms with Crippen LogP contribution in [0.15, 0.2) is 23.1 Å². The Balaban J connectivity index is 1.51. The monoisotopic (exact) mass is 291 g/mol. The second-order valence-electron chi connectivity index (χ2n) is 5.85. The first kappa shape index (κ1) is 14.3. The lowest BCUT2D eigenvalue weighted by Gasteiger charge is -2.44. The van der Waals surface area contributed by atoms with Crippen LogP contribution >= 0.6 is 0 Å². The van der Waals surface area contributed by atoms with Crippen molar-refractivity contribution in [3.8, 4) is 0 Å². The van der Waals surface area contributed by atoms with Crippen molar-refractivity contribution in [2.24, 2.45) is 13.0 Å². The van der Waals surface area contributed by atoms with Crippen LogP contribution in [0.5, 0.6) is 0 Å². The van der Waals surface area contributed by atoms with Crippen LogP contribution in [0, 0.1) is 5.92 Å². The molecule has 0 aromatic carbocycles. The number of ether oxygens (including phenoxy) is 1. The molecule has 3 rings (SSSR count). The minimum Gasteiger partial charge on any atom is -0.381 e. The number of nitrogens with one attached hydrogen (secondary N) is 1. The van der Waals surface area contributed by atoms with E-state index in [4.69, 9.17) is 4.74 Å². The van der Waals surface area contributed by atoms with Crippen LogP contribution in [0.1, 0.15) is 12.8 Å². The van der Waals surface area contributed by atoms with Crippen LogP contribution in [0.4, 0.5) is 5.69 Å². The zero-order chi connectivity index (χ0) is 14.8. The summed E-state index contributed by atoms with van der Waals surface area (Å²) < 4.78 is 6.82. The highest BCUT2D eigenvalue weighted by Gasteiger charge is 2.37. The van der Waals surface area contributed by atoms with Gasteiger partial charge in [-0.25, -0.2) is 0 Å². The summed E-state index contributed by atoms with van der Waals surface area (Å²) in [6.07, 6.45) is 3.78. The number of hydrogen-bond donors (Lipinski definition) is 1. The Morgan fingerprint density at radius 2 is 2.00 bits per heavy atom. The second kappa shape index (κ2) is 5.99. The molecule has 114 valence electrons. The van der Waals surface area contributed by atoms with E-state index in [-0.39, 0.29) is 17.4 Å². The molecular weight excluding hydrogens is 270 g/mol. The van der Waals surface area contributed by atoms with Crippen molar-refractivity contribution >= 4 is 11.6 Å². The number of pyridine rings is 1. The largest absolute Gasteiger partial charge is 0.381 e. The smallest absolute Gasteiger partial charge is 0.250 e. The van der Waals surface area contributed by atoms with Crippen LogP contribution in [-0.4, -0.2) is 47.7 Å². The lowest BCUT2D eigenvalue weighted by atomic mass is 9.94. The molecule has 6 nitrogen and oxygen atoms in total. The van der Waals surface area contributed by atoms with Gasteiger partial charge in [-0.2, -0.15) is 0 Å². The topological polar surface area (TPSA) is 63.6 Å². The molecule has 0 aliphatic carbocycles.